The van der Waals surface area contributed by atoms with Crippen molar-refractivity contribution in [2.24, 2.45) is 5.41 Å². The van der Waals surface area contributed by atoms with Gasteiger partial charge in [-0.05, 0) is 143 Å². The molecule has 3 fully saturated rings. The van der Waals surface area contributed by atoms with Crippen molar-refractivity contribution < 1.29 is 64.9 Å². The molecule has 5 aliphatic rings. The van der Waals surface area contributed by atoms with Gasteiger partial charge in [-0.2, -0.15) is 13.2 Å². The zero-order valence-electron chi connectivity index (χ0n) is 54.5. The molecule has 4 heterocycles. The Hall–Kier alpha value is -6.12. The summed E-state index contributed by atoms with van der Waals surface area (Å²) in [5.41, 5.74) is -2.85. The Labute approximate surface area is 527 Å². The zero-order chi connectivity index (χ0) is 68.5. The first kappa shape index (κ1) is 53.0. The minimum Gasteiger partial charge on any atom is -0.380 e. The fourth-order valence-corrected chi connectivity index (χ4v) is 14.7. The standard InChI is InChI=1S/C61H65BrClF3N8O9S3/c1-60(2)24-22-48(39-8-13-43(63)14-9-39)42(35-60)37-72-30-32-73(33-31-72)45-15-10-40(11-16-45)56(76)69-86(82,83)47-17-19-50(52(34-47)85(80,81)61(64,65)66)67-44(38-84-46-6-4-3-5-7-46)23-25-70-26-28-71(29-27-70)36-41-12-18-49-54(55(41)62)59(79)74(58(49)78)51-20-21-53(75)68-57(51)77/h3-19,34,44,51,67H,20-33,35-38H2,1-2H3,(H,69,76)(H,68,75,77)/t44-,51?/m1/s1/i26D2,27D2,28D2,29D2. The topological polar surface area (TPSA) is 206 Å². The molecule has 0 radical (unpaired) electrons. The molecule has 1 aliphatic carbocycles. The van der Waals surface area contributed by atoms with E-state index in [-0.39, 0.29) is 66.6 Å². The van der Waals surface area contributed by atoms with Gasteiger partial charge in [0.15, 0.2) is 0 Å². The fraction of sp³-hybridized carbons (Fsp3) is 0.393. The number of piperazine rings is 2. The molecule has 456 valence electrons. The number of sulfone groups is 1. The first-order chi connectivity index (χ1) is 43.9. The number of benzene rings is 5. The molecular formula is C61H65BrClF3N8O9S3. The summed E-state index contributed by atoms with van der Waals surface area (Å²) in [7, 11) is -11.6. The summed E-state index contributed by atoms with van der Waals surface area (Å²) >= 11 is 10.5. The summed E-state index contributed by atoms with van der Waals surface area (Å²) in [6.45, 7) is -7.69. The van der Waals surface area contributed by atoms with E-state index in [1.54, 1.807) is 42.5 Å². The maximum absolute atomic E-state index is 14.7. The van der Waals surface area contributed by atoms with Crippen molar-refractivity contribution in [2.45, 2.75) is 91.2 Å². The Morgan fingerprint density at radius 3 is 2.20 bits per heavy atom. The van der Waals surface area contributed by atoms with Gasteiger partial charge in [0.25, 0.3) is 37.6 Å². The molecule has 3 saturated heterocycles. The van der Waals surface area contributed by atoms with Crippen molar-refractivity contribution >= 4 is 106 Å². The number of hydrogen-bond acceptors (Lipinski definition) is 15. The van der Waals surface area contributed by atoms with Crippen LogP contribution in [-0.2, 0) is 36.0 Å². The van der Waals surface area contributed by atoms with Crippen LogP contribution in [0.5, 0.6) is 0 Å². The minimum absolute atomic E-state index is 0.116. The number of anilines is 2. The quantitative estimate of drug-likeness (QED) is 0.0520. The van der Waals surface area contributed by atoms with Gasteiger partial charge < -0.3 is 15.1 Å². The van der Waals surface area contributed by atoms with E-state index in [9.17, 15) is 59.5 Å². The molecule has 5 amide bonds. The molecule has 5 aromatic rings. The van der Waals surface area contributed by atoms with E-state index in [4.69, 9.17) is 17.1 Å². The van der Waals surface area contributed by atoms with Crippen LogP contribution in [0.4, 0.5) is 24.5 Å². The van der Waals surface area contributed by atoms with Gasteiger partial charge in [0, 0.05) is 127 Å². The Bertz CT molecular complexity index is 4080. The van der Waals surface area contributed by atoms with E-state index in [0.717, 1.165) is 80.1 Å². The number of hydrogen-bond donors (Lipinski definition) is 3. The molecule has 17 nitrogen and oxygen atoms in total. The zero-order valence-corrected chi connectivity index (χ0v) is 51.3. The van der Waals surface area contributed by atoms with Crippen LogP contribution in [0, 0.1) is 5.41 Å². The molecule has 4 aliphatic heterocycles. The van der Waals surface area contributed by atoms with Gasteiger partial charge in [-0.25, -0.2) is 21.6 Å². The number of sulfonamides is 1. The molecule has 0 spiro atoms. The summed E-state index contributed by atoms with van der Waals surface area (Å²) < 4.78 is 174. The van der Waals surface area contributed by atoms with Crippen molar-refractivity contribution in [1.29, 1.82) is 0 Å². The second kappa shape index (κ2) is 25.9. The first-order valence-electron chi connectivity index (χ1n) is 31.5. The van der Waals surface area contributed by atoms with Crippen molar-refractivity contribution in [3.05, 3.63) is 152 Å². The number of alkyl halides is 3. The van der Waals surface area contributed by atoms with E-state index in [2.05, 4.69) is 62.3 Å². The number of thioether (sulfide) groups is 1. The number of nitrogens with one attached hydrogen (secondary N) is 3. The number of fused-ring (bicyclic) bond motifs is 1. The predicted molar refractivity (Wildman–Crippen MR) is 327 cm³/mol. The number of carbonyl (C=O) groups excluding carboxylic acids is 5. The second-order valence-corrected chi connectivity index (χ2v) is 28.0. The van der Waals surface area contributed by atoms with Gasteiger partial charge in [0.05, 0.1) is 21.7 Å². The summed E-state index contributed by atoms with van der Waals surface area (Å²) in [4.78, 5) is 69.2. The second-order valence-electron chi connectivity index (χ2n) is 22.1. The van der Waals surface area contributed by atoms with E-state index in [1.165, 1.54) is 29.3 Å². The molecule has 86 heavy (non-hydrogen) atoms. The number of allylic oxidation sites excluding steroid dienone is 1. The Balaban J connectivity index is 0.850. The lowest BCUT2D eigenvalue weighted by molar-refractivity contribution is -0.136. The third-order valence-corrected chi connectivity index (χ3v) is 20.8. The summed E-state index contributed by atoms with van der Waals surface area (Å²) in [5.74, 6) is -4.78. The van der Waals surface area contributed by atoms with Crippen molar-refractivity contribution in [3.8, 4) is 0 Å². The van der Waals surface area contributed by atoms with E-state index >= 15 is 0 Å². The maximum atomic E-state index is 14.7. The lowest BCUT2D eigenvalue weighted by Crippen LogP contribution is -2.54. The highest BCUT2D eigenvalue weighted by atomic mass is 79.9. The monoisotopic (exact) mass is 1330 g/mol. The van der Waals surface area contributed by atoms with E-state index in [0.29, 0.717) is 27.9 Å². The highest BCUT2D eigenvalue weighted by molar-refractivity contribution is 9.10. The Morgan fingerprint density at radius 1 is 0.837 bits per heavy atom. The predicted octanol–water partition coefficient (Wildman–Crippen LogP) is 9.48. The van der Waals surface area contributed by atoms with Gasteiger partial charge >= 0.3 is 5.51 Å². The van der Waals surface area contributed by atoms with Crippen molar-refractivity contribution in [1.82, 2.24) is 29.6 Å². The van der Waals surface area contributed by atoms with Crippen LogP contribution in [0.1, 0.15) is 106 Å². The lowest BCUT2D eigenvalue weighted by Gasteiger charge is -2.39. The van der Waals surface area contributed by atoms with Gasteiger partial charge in [0.1, 0.15) is 10.9 Å². The van der Waals surface area contributed by atoms with Crippen molar-refractivity contribution in [3.63, 3.8) is 0 Å². The molecular weight excluding hydrogens is 1260 g/mol. The van der Waals surface area contributed by atoms with Crippen LogP contribution in [0.25, 0.3) is 5.57 Å². The SMILES string of the molecule is [2H]C1([2H])N(CC[C@H](CSc2ccccc2)Nc2ccc(S(=O)(=O)NC(=O)c3ccc(N4CCN(CC5=C(c6ccc(Cl)cc6)CCC(C)(C)C5)CC4)cc3)cc2S(=O)(=O)C(F)(F)F)C([2H])([2H])C([2H])([2H])N(Cc2ccc3c(c2Br)C(=O)N(C2CCC(=O)NC2=O)C3=O)C1([2H])[2H]. The molecule has 10 rings (SSSR count). The Kier molecular flexibility index (Phi) is 16.0. The third kappa shape index (κ3) is 14.2. The molecule has 2 atom stereocenters. The van der Waals surface area contributed by atoms with Gasteiger partial charge in [-0.3, -0.25) is 44.0 Å². The number of nitrogens with zero attached hydrogens (tertiary/aromatic N) is 5. The molecule has 5 aromatic carbocycles. The molecule has 0 bridgehead atoms. The largest absolute Gasteiger partial charge is 0.501 e. The van der Waals surface area contributed by atoms with Gasteiger partial charge in [0.2, 0.25) is 11.8 Å². The number of halogens is 5. The van der Waals surface area contributed by atoms with Gasteiger partial charge in [-0.15, -0.1) is 11.8 Å². The highest BCUT2D eigenvalue weighted by Gasteiger charge is 2.49. The number of piperidine rings is 1. The fourth-order valence-electron chi connectivity index (χ4n) is 11.0. The van der Waals surface area contributed by atoms with E-state index < -0.39 is 128 Å². The minimum atomic E-state index is -6.45. The number of rotatable bonds is 19. The molecule has 3 N–H and O–H groups in total. The smallest absolute Gasteiger partial charge is 0.380 e. The normalized spacial score (nSPS) is 23.3. The first-order valence-corrected chi connectivity index (χ1v) is 32.6. The molecule has 1 unspecified atom stereocenters. The maximum Gasteiger partial charge on any atom is 0.501 e. The van der Waals surface area contributed by atoms with Gasteiger partial charge in [-0.1, -0.05) is 67.4 Å². The van der Waals surface area contributed by atoms with Crippen LogP contribution in [-0.4, -0.2) is 155 Å². The lowest BCUT2D eigenvalue weighted by atomic mass is 9.73. The van der Waals surface area contributed by atoms with Crippen LogP contribution < -0.4 is 20.3 Å². The van der Waals surface area contributed by atoms with Crippen LogP contribution in [0.15, 0.2) is 134 Å². The van der Waals surface area contributed by atoms with Crippen molar-refractivity contribution in [2.75, 3.05) is 81.2 Å². The van der Waals surface area contributed by atoms with Crippen LogP contribution >= 0.6 is 39.3 Å². The summed E-state index contributed by atoms with van der Waals surface area (Å²) in [5, 5.41) is 5.43. The van der Waals surface area contributed by atoms with Crippen LogP contribution in [0.3, 0.4) is 0 Å². The van der Waals surface area contributed by atoms with Crippen LogP contribution in [0.2, 0.25) is 5.02 Å². The van der Waals surface area contributed by atoms with E-state index in [1.807, 2.05) is 16.9 Å². The molecule has 25 heteroatoms. The third-order valence-electron chi connectivity index (χ3n) is 15.6. The molecule has 0 aromatic heterocycles. The Morgan fingerprint density at radius 2 is 1.52 bits per heavy atom. The number of carbonyl (C=O) groups is 5. The summed E-state index contributed by atoms with van der Waals surface area (Å²) in [6, 6.07) is 23.6. The molecule has 0 saturated carbocycles. The number of imide groups is 2. The highest BCUT2D eigenvalue weighted by Crippen LogP contribution is 2.44. The summed E-state index contributed by atoms with van der Waals surface area (Å²) in [6.07, 6.45) is 2.06. The number of amides is 5. The average molecular weight is 1330 g/mol. The average Bonchev–Trinajstić information content (AvgIpc) is 0.792.